The van der Waals surface area contributed by atoms with Crippen molar-refractivity contribution in [2.45, 2.75) is 24.7 Å². The third kappa shape index (κ3) is 2.45. The molecule has 0 fully saturated rings. The van der Waals surface area contributed by atoms with Gasteiger partial charge >= 0.3 is 0 Å². The Morgan fingerprint density at radius 1 is 1.36 bits per heavy atom. The SMILES string of the molecule is CC(C)c1ccc(S(=O)(=O)Cl)cc1F. The lowest BCUT2D eigenvalue weighted by Gasteiger charge is -2.07. The van der Waals surface area contributed by atoms with Crippen LogP contribution in [0.3, 0.4) is 0 Å². The summed E-state index contributed by atoms with van der Waals surface area (Å²) < 4.78 is 35.0. The molecule has 0 bridgehead atoms. The minimum atomic E-state index is -3.84. The number of benzene rings is 1. The van der Waals surface area contributed by atoms with Gasteiger partial charge in [-0.25, -0.2) is 12.8 Å². The maximum absolute atomic E-state index is 13.3. The van der Waals surface area contributed by atoms with Crippen LogP contribution in [0, 0.1) is 5.82 Å². The summed E-state index contributed by atoms with van der Waals surface area (Å²) in [5.74, 6) is -0.524. The highest BCUT2D eigenvalue weighted by Crippen LogP contribution is 2.23. The molecular weight excluding hydrogens is 227 g/mol. The van der Waals surface area contributed by atoms with E-state index in [4.69, 9.17) is 10.7 Å². The molecule has 0 N–H and O–H groups in total. The highest BCUT2D eigenvalue weighted by atomic mass is 35.7. The second kappa shape index (κ2) is 3.87. The quantitative estimate of drug-likeness (QED) is 0.740. The van der Waals surface area contributed by atoms with Gasteiger partial charge in [0, 0.05) is 10.7 Å². The van der Waals surface area contributed by atoms with E-state index >= 15 is 0 Å². The van der Waals surface area contributed by atoms with E-state index in [9.17, 15) is 12.8 Å². The molecule has 0 atom stereocenters. The summed E-state index contributed by atoms with van der Waals surface area (Å²) in [6.45, 7) is 3.65. The van der Waals surface area contributed by atoms with Crippen LogP contribution >= 0.6 is 10.7 Å². The van der Waals surface area contributed by atoms with Gasteiger partial charge in [-0.3, -0.25) is 0 Å². The van der Waals surface area contributed by atoms with E-state index in [2.05, 4.69) is 0 Å². The smallest absolute Gasteiger partial charge is 0.207 e. The van der Waals surface area contributed by atoms with E-state index in [1.807, 2.05) is 13.8 Å². The first-order chi connectivity index (χ1) is 6.32. The van der Waals surface area contributed by atoms with Gasteiger partial charge in [-0.1, -0.05) is 19.9 Å². The zero-order valence-corrected chi connectivity index (χ0v) is 9.36. The van der Waals surface area contributed by atoms with Crippen LogP contribution < -0.4 is 0 Å². The van der Waals surface area contributed by atoms with E-state index < -0.39 is 14.9 Å². The number of hydrogen-bond acceptors (Lipinski definition) is 2. The van der Waals surface area contributed by atoms with Crippen molar-refractivity contribution in [1.82, 2.24) is 0 Å². The largest absolute Gasteiger partial charge is 0.261 e. The fourth-order valence-electron chi connectivity index (χ4n) is 1.13. The molecule has 0 aliphatic carbocycles. The summed E-state index contributed by atoms with van der Waals surface area (Å²) in [5.41, 5.74) is 0.481. The zero-order valence-electron chi connectivity index (χ0n) is 7.79. The molecule has 0 saturated carbocycles. The molecule has 1 aromatic rings. The Morgan fingerprint density at radius 3 is 2.29 bits per heavy atom. The standard InChI is InChI=1S/C9H10ClFO2S/c1-6(2)8-4-3-7(5-9(8)11)14(10,12)13/h3-6H,1-2H3. The summed E-state index contributed by atoms with van der Waals surface area (Å²) in [6.07, 6.45) is 0. The summed E-state index contributed by atoms with van der Waals surface area (Å²) in [4.78, 5) is -0.207. The first kappa shape index (κ1) is 11.5. The Kier molecular flexibility index (Phi) is 3.17. The lowest BCUT2D eigenvalue weighted by atomic mass is 10.0. The predicted molar refractivity (Wildman–Crippen MR) is 53.5 cm³/mol. The molecule has 0 saturated heterocycles. The van der Waals surface area contributed by atoms with Gasteiger partial charge in [0.2, 0.25) is 0 Å². The third-order valence-corrected chi connectivity index (χ3v) is 3.23. The minimum absolute atomic E-state index is 0.0158. The average molecular weight is 237 g/mol. The molecule has 0 aliphatic heterocycles. The molecule has 0 spiro atoms. The van der Waals surface area contributed by atoms with Crippen molar-refractivity contribution in [1.29, 1.82) is 0 Å². The van der Waals surface area contributed by atoms with Gasteiger partial charge in [-0.2, -0.15) is 0 Å². The van der Waals surface area contributed by atoms with Gasteiger partial charge in [0.25, 0.3) is 9.05 Å². The fraction of sp³-hybridized carbons (Fsp3) is 0.333. The molecule has 14 heavy (non-hydrogen) atoms. The highest BCUT2D eigenvalue weighted by Gasteiger charge is 2.14. The molecule has 0 aromatic heterocycles. The normalized spacial score (nSPS) is 12.1. The van der Waals surface area contributed by atoms with Gasteiger partial charge in [0.15, 0.2) is 0 Å². The van der Waals surface area contributed by atoms with Crippen molar-refractivity contribution in [3.8, 4) is 0 Å². The summed E-state index contributed by atoms with van der Waals surface area (Å²) in [6, 6.07) is 3.69. The van der Waals surface area contributed by atoms with Crippen molar-refractivity contribution in [3.05, 3.63) is 29.6 Å². The van der Waals surface area contributed by atoms with Crippen LogP contribution in [0.4, 0.5) is 4.39 Å². The fourth-order valence-corrected chi connectivity index (χ4v) is 1.89. The van der Waals surface area contributed by atoms with Crippen LogP contribution in [0.5, 0.6) is 0 Å². The van der Waals surface area contributed by atoms with E-state index in [-0.39, 0.29) is 10.8 Å². The van der Waals surface area contributed by atoms with Crippen molar-refractivity contribution in [3.63, 3.8) is 0 Å². The van der Waals surface area contributed by atoms with E-state index in [0.717, 1.165) is 6.07 Å². The van der Waals surface area contributed by atoms with Crippen molar-refractivity contribution in [2.24, 2.45) is 0 Å². The van der Waals surface area contributed by atoms with Crippen LogP contribution in [0.15, 0.2) is 23.1 Å². The van der Waals surface area contributed by atoms with Crippen LogP contribution in [-0.2, 0) is 9.05 Å². The molecule has 1 aromatic carbocycles. The molecule has 0 aliphatic rings. The molecule has 2 nitrogen and oxygen atoms in total. The summed E-state index contributed by atoms with van der Waals surface area (Å²) in [5, 5.41) is 0. The van der Waals surface area contributed by atoms with Gasteiger partial charge < -0.3 is 0 Å². The van der Waals surface area contributed by atoms with Crippen LogP contribution in [0.25, 0.3) is 0 Å². The van der Waals surface area contributed by atoms with Crippen molar-refractivity contribution in [2.75, 3.05) is 0 Å². The average Bonchev–Trinajstić information content (AvgIpc) is 2.01. The molecule has 5 heteroatoms. The Labute approximate surface area is 87.1 Å². The van der Waals surface area contributed by atoms with Gasteiger partial charge in [-0.05, 0) is 23.6 Å². The number of rotatable bonds is 2. The first-order valence-corrected chi connectivity index (χ1v) is 6.37. The topological polar surface area (TPSA) is 34.1 Å². The van der Waals surface area contributed by atoms with E-state index in [0.29, 0.717) is 5.56 Å². The molecular formula is C9H10ClFO2S. The van der Waals surface area contributed by atoms with Gasteiger partial charge in [0.1, 0.15) is 5.82 Å². The Balaban J connectivity index is 3.27. The molecule has 0 amide bonds. The first-order valence-electron chi connectivity index (χ1n) is 4.06. The predicted octanol–water partition coefficient (Wildman–Crippen LogP) is 2.88. The highest BCUT2D eigenvalue weighted by molar-refractivity contribution is 8.13. The second-order valence-corrected chi connectivity index (χ2v) is 5.84. The molecule has 0 radical (unpaired) electrons. The van der Waals surface area contributed by atoms with Crippen LogP contribution in [0.1, 0.15) is 25.3 Å². The number of halogens is 2. The van der Waals surface area contributed by atoms with E-state index in [1.54, 1.807) is 0 Å². The van der Waals surface area contributed by atoms with Crippen molar-refractivity contribution >= 4 is 19.7 Å². The summed E-state index contributed by atoms with van der Waals surface area (Å²) in [7, 11) is 1.23. The Morgan fingerprint density at radius 2 is 1.93 bits per heavy atom. The molecule has 78 valence electrons. The van der Waals surface area contributed by atoms with E-state index in [1.165, 1.54) is 12.1 Å². The summed E-state index contributed by atoms with van der Waals surface area (Å²) >= 11 is 0. The maximum Gasteiger partial charge on any atom is 0.261 e. The van der Waals surface area contributed by atoms with Crippen LogP contribution in [-0.4, -0.2) is 8.42 Å². The van der Waals surface area contributed by atoms with Gasteiger partial charge in [-0.15, -0.1) is 0 Å². The zero-order chi connectivity index (χ0) is 10.9. The minimum Gasteiger partial charge on any atom is -0.207 e. The molecule has 0 heterocycles. The maximum atomic E-state index is 13.3. The Bertz CT molecular complexity index is 440. The Hall–Kier alpha value is -0.610. The monoisotopic (exact) mass is 236 g/mol. The molecule has 1 rings (SSSR count). The van der Waals surface area contributed by atoms with Crippen molar-refractivity contribution < 1.29 is 12.8 Å². The van der Waals surface area contributed by atoms with Crippen LogP contribution in [0.2, 0.25) is 0 Å². The lowest BCUT2D eigenvalue weighted by molar-refractivity contribution is 0.587. The number of hydrogen-bond donors (Lipinski definition) is 0. The second-order valence-electron chi connectivity index (χ2n) is 3.28. The third-order valence-electron chi connectivity index (χ3n) is 1.88. The lowest BCUT2D eigenvalue weighted by Crippen LogP contribution is -1.97. The van der Waals surface area contributed by atoms with Gasteiger partial charge in [0.05, 0.1) is 4.90 Å². The molecule has 0 unspecified atom stereocenters.